The van der Waals surface area contributed by atoms with Crippen LogP contribution in [0.5, 0.6) is 0 Å². The zero-order valence-corrected chi connectivity index (χ0v) is 13.1. The second kappa shape index (κ2) is 6.77. The van der Waals surface area contributed by atoms with Crippen molar-refractivity contribution in [2.75, 3.05) is 32.7 Å². The minimum atomic E-state index is -0.265. The van der Waals surface area contributed by atoms with Crippen LogP contribution < -0.4 is 0 Å². The van der Waals surface area contributed by atoms with Crippen molar-refractivity contribution < 1.29 is 14.6 Å². The summed E-state index contributed by atoms with van der Waals surface area (Å²) in [6, 6.07) is 5.88. The van der Waals surface area contributed by atoms with Crippen LogP contribution in [0.15, 0.2) is 18.2 Å². The highest BCUT2D eigenvalue weighted by Gasteiger charge is 2.24. The van der Waals surface area contributed by atoms with Crippen LogP contribution in [0.4, 0.5) is 0 Å². The highest BCUT2D eigenvalue weighted by atomic mass is 16.5. The number of hydrogen-bond donors (Lipinski definition) is 1. The summed E-state index contributed by atoms with van der Waals surface area (Å²) in [4.78, 5) is 16.7. The van der Waals surface area contributed by atoms with E-state index in [2.05, 4.69) is 4.90 Å². The molecule has 2 heterocycles. The number of carbonyl (C=O) groups excluding carboxylic acids is 1. The normalized spacial score (nSPS) is 20.0. The minimum Gasteiger partial charge on any atom is -0.392 e. The van der Waals surface area contributed by atoms with E-state index in [9.17, 15) is 9.90 Å². The summed E-state index contributed by atoms with van der Waals surface area (Å²) < 4.78 is 5.40. The van der Waals surface area contributed by atoms with Crippen LogP contribution in [-0.2, 0) is 18.0 Å². The van der Waals surface area contributed by atoms with E-state index in [-0.39, 0.29) is 12.0 Å². The van der Waals surface area contributed by atoms with Crippen LogP contribution in [0.1, 0.15) is 34.8 Å². The molecule has 3 rings (SSSR count). The van der Waals surface area contributed by atoms with Crippen molar-refractivity contribution in [3.8, 4) is 0 Å². The lowest BCUT2D eigenvalue weighted by Crippen LogP contribution is -2.50. The molecule has 120 valence electrons. The number of hydrogen-bond acceptors (Lipinski definition) is 4. The van der Waals surface area contributed by atoms with Crippen LogP contribution in [-0.4, -0.2) is 59.6 Å². The predicted molar refractivity (Wildman–Crippen MR) is 83.6 cm³/mol. The van der Waals surface area contributed by atoms with E-state index in [1.807, 2.05) is 30.0 Å². The molecule has 2 aliphatic rings. The average molecular weight is 304 g/mol. The number of aliphatic hydroxyl groups is 1. The van der Waals surface area contributed by atoms with Crippen LogP contribution in [0, 0.1) is 0 Å². The van der Waals surface area contributed by atoms with Crippen LogP contribution in [0.3, 0.4) is 0 Å². The van der Waals surface area contributed by atoms with E-state index < -0.39 is 0 Å². The SMILES string of the molecule is CC[C@H](O)CN1CCN(C(=O)c2ccc3c(c2)COC3)CC1. The van der Waals surface area contributed by atoms with Crippen molar-refractivity contribution >= 4 is 5.91 Å². The summed E-state index contributed by atoms with van der Waals surface area (Å²) in [7, 11) is 0. The molecule has 1 aromatic carbocycles. The van der Waals surface area contributed by atoms with Gasteiger partial charge in [-0.2, -0.15) is 0 Å². The average Bonchev–Trinajstić information content (AvgIpc) is 3.02. The first-order valence-electron chi connectivity index (χ1n) is 8.06. The number of piperazine rings is 1. The molecule has 1 fully saturated rings. The number of aliphatic hydroxyl groups excluding tert-OH is 1. The zero-order chi connectivity index (χ0) is 15.5. The van der Waals surface area contributed by atoms with E-state index in [0.29, 0.717) is 19.8 Å². The van der Waals surface area contributed by atoms with E-state index in [1.54, 1.807) is 0 Å². The molecule has 0 saturated carbocycles. The van der Waals surface area contributed by atoms with Crippen molar-refractivity contribution in [2.45, 2.75) is 32.7 Å². The molecule has 0 unspecified atom stereocenters. The summed E-state index contributed by atoms with van der Waals surface area (Å²) in [5, 5.41) is 9.72. The van der Waals surface area contributed by atoms with E-state index >= 15 is 0 Å². The number of β-amino-alcohol motifs (C(OH)–C–C–N with tert-alkyl or cyclic N) is 1. The Bertz CT molecular complexity index is 539. The van der Waals surface area contributed by atoms with Gasteiger partial charge in [0.05, 0.1) is 19.3 Å². The highest BCUT2D eigenvalue weighted by molar-refractivity contribution is 5.94. The molecule has 0 aromatic heterocycles. The largest absolute Gasteiger partial charge is 0.392 e. The molecule has 1 saturated heterocycles. The number of amides is 1. The fourth-order valence-corrected chi connectivity index (χ4v) is 3.05. The third kappa shape index (κ3) is 3.32. The third-order valence-electron chi connectivity index (χ3n) is 4.57. The molecule has 0 aliphatic carbocycles. The molecule has 1 atom stereocenters. The van der Waals surface area contributed by atoms with Gasteiger partial charge in [-0.3, -0.25) is 9.69 Å². The molecule has 0 radical (unpaired) electrons. The van der Waals surface area contributed by atoms with E-state index in [4.69, 9.17) is 4.74 Å². The topological polar surface area (TPSA) is 53.0 Å². The first-order valence-corrected chi connectivity index (χ1v) is 8.06. The number of carbonyl (C=O) groups is 1. The maximum atomic E-state index is 12.6. The van der Waals surface area contributed by atoms with E-state index in [0.717, 1.165) is 43.7 Å². The fraction of sp³-hybridized carbons (Fsp3) is 0.588. The van der Waals surface area contributed by atoms with Gasteiger partial charge in [0.1, 0.15) is 0 Å². The summed E-state index contributed by atoms with van der Waals surface area (Å²) in [5.74, 6) is 0.102. The summed E-state index contributed by atoms with van der Waals surface area (Å²) in [6.07, 6.45) is 0.509. The van der Waals surface area contributed by atoms with Gasteiger partial charge in [-0.25, -0.2) is 0 Å². The third-order valence-corrected chi connectivity index (χ3v) is 4.57. The van der Waals surface area contributed by atoms with Crippen LogP contribution >= 0.6 is 0 Å². The Labute approximate surface area is 131 Å². The molecule has 1 amide bonds. The van der Waals surface area contributed by atoms with E-state index in [1.165, 1.54) is 5.56 Å². The van der Waals surface area contributed by atoms with Gasteiger partial charge in [0.25, 0.3) is 5.91 Å². The number of ether oxygens (including phenoxy) is 1. The minimum absolute atomic E-state index is 0.102. The quantitative estimate of drug-likeness (QED) is 0.909. The standard InChI is InChI=1S/C17H24N2O3/c1-2-16(20)10-18-5-7-19(8-6-18)17(21)13-3-4-14-11-22-12-15(14)9-13/h3-4,9,16,20H,2,5-8,10-12H2,1H3/t16-/m0/s1. The van der Waals surface area contributed by atoms with Crippen molar-refractivity contribution in [1.82, 2.24) is 9.80 Å². The van der Waals surface area contributed by atoms with Gasteiger partial charge in [-0.1, -0.05) is 13.0 Å². The molecule has 1 N–H and O–H groups in total. The Morgan fingerprint density at radius 3 is 2.68 bits per heavy atom. The Hall–Kier alpha value is -1.43. The fourth-order valence-electron chi connectivity index (χ4n) is 3.05. The second-order valence-corrected chi connectivity index (χ2v) is 6.13. The number of nitrogens with zero attached hydrogens (tertiary/aromatic N) is 2. The van der Waals surface area contributed by atoms with Gasteiger partial charge in [0.15, 0.2) is 0 Å². The molecule has 5 nitrogen and oxygen atoms in total. The molecular formula is C17H24N2O3. The van der Waals surface area contributed by atoms with Crippen molar-refractivity contribution in [3.05, 3.63) is 34.9 Å². The van der Waals surface area contributed by atoms with Gasteiger partial charge in [0.2, 0.25) is 0 Å². The highest BCUT2D eigenvalue weighted by Crippen LogP contribution is 2.22. The molecular weight excluding hydrogens is 280 g/mol. The second-order valence-electron chi connectivity index (χ2n) is 6.13. The Morgan fingerprint density at radius 1 is 1.23 bits per heavy atom. The van der Waals surface area contributed by atoms with Crippen LogP contribution in [0.2, 0.25) is 0 Å². The Kier molecular flexibility index (Phi) is 4.76. The van der Waals surface area contributed by atoms with Crippen molar-refractivity contribution in [1.29, 1.82) is 0 Å². The first-order chi connectivity index (χ1) is 10.7. The number of rotatable bonds is 4. The zero-order valence-electron chi connectivity index (χ0n) is 13.1. The predicted octanol–water partition coefficient (Wildman–Crippen LogP) is 1.25. The maximum absolute atomic E-state index is 12.6. The Balaban J connectivity index is 1.58. The lowest BCUT2D eigenvalue weighted by Gasteiger charge is -2.35. The summed E-state index contributed by atoms with van der Waals surface area (Å²) >= 11 is 0. The van der Waals surface area contributed by atoms with Crippen LogP contribution in [0.25, 0.3) is 0 Å². The van der Waals surface area contributed by atoms with Crippen molar-refractivity contribution in [3.63, 3.8) is 0 Å². The molecule has 0 bridgehead atoms. The molecule has 1 aromatic rings. The monoisotopic (exact) mass is 304 g/mol. The number of fused-ring (bicyclic) bond motifs is 1. The van der Waals surface area contributed by atoms with Gasteiger partial charge >= 0.3 is 0 Å². The molecule has 2 aliphatic heterocycles. The molecule has 22 heavy (non-hydrogen) atoms. The van der Waals surface area contributed by atoms with Gasteiger partial charge in [0, 0.05) is 38.3 Å². The number of benzene rings is 1. The maximum Gasteiger partial charge on any atom is 0.253 e. The van der Waals surface area contributed by atoms with Gasteiger partial charge in [-0.15, -0.1) is 0 Å². The molecule has 5 heteroatoms. The first kappa shape index (κ1) is 15.5. The lowest BCUT2D eigenvalue weighted by atomic mass is 10.1. The summed E-state index contributed by atoms with van der Waals surface area (Å²) in [5.41, 5.74) is 3.08. The summed E-state index contributed by atoms with van der Waals surface area (Å²) in [6.45, 7) is 7.07. The smallest absolute Gasteiger partial charge is 0.253 e. The molecule has 0 spiro atoms. The Morgan fingerprint density at radius 2 is 1.95 bits per heavy atom. The lowest BCUT2D eigenvalue weighted by molar-refractivity contribution is 0.0523. The van der Waals surface area contributed by atoms with Crippen molar-refractivity contribution in [2.24, 2.45) is 0 Å². The van der Waals surface area contributed by atoms with Gasteiger partial charge in [-0.05, 0) is 29.7 Å². The van der Waals surface area contributed by atoms with Gasteiger partial charge < -0.3 is 14.7 Å².